The van der Waals surface area contributed by atoms with E-state index in [2.05, 4.69) is 5.32 Å². The van der Waals surface area contributed by atoms with Crippen molar-refractivity contribution in [3.05, 3.63) is 64.4 Å². The van der Waals surface area contributed by atoms with E-state index >= 15 is 0 Å². The van der Waals surface area contributed by atoms with E-state index < -0.39 is 0 Å². The topological polar surface area (TPSA) is 38.0 Å². The van der Waals surface area contributed by atoms with Crippen LogP contribution in [-0.4, -0.2) is 6.54 Å². The number of benzene rings is 2. The first-order valence-corrected chi connectivity index (χ1v) is 6.46. The molecule has 0 heterocycles. The lowest BCUT2D eigenvalue weighted by atomic mass is 10.0. The fourth-order valence-electron chi connectivity index (χ4n) is 1.87. The van der Waals surface area contributed by atoms with Gasteiger partial charge in [0.15, 0.2) is 0 Å². The second-order valence-electron chi connectivity index (χ2n) is 4.47. The fraction of sp³-hybridized carbons (Fsp3) is 0.200. The van der Waals surface area contributed by atoms with Crippen LogP contribution in [0.1, 0.15) is 17.2 Å². The summed E-state index contributed by atoms with van der Waals surface area (Å²) in [6.45, 7) is 2.42. The van der Waals surface area contributed by atoms with Crippen molar-refractivity contribution in [2.24, 2.45) is 5.73 Å². The number of nitrogens with one attached hydrogen (secondary N) is 1. The van der Waals surface area contributed by atoms with Gasteiger partial charge < -0.3 is 11.1 Å². The van der Waals surface area contributed by atoms with E-state index in [9.17, 15) is 4.39 Å². The van der Waals surface area contributed by atoms with Crippen molar-refractivity contribution in [1.82, 2.24) is 0 Å². The Morgan fingerprint density at radius 2 is 1.89 bits per heavy atom. The maximum atomic E-state index is 13.2. The highest BCUT2D eigenvalue weighted by Gasteiger charge is 2.11. The summed E-state index contributed by atoms with van der Waals surface area (Å²) in [7, 11) is 0. The molecule has 19 heavy (non-hydrogen) atoms. The number of aryl methyl sites for hydroxylation is 1. The molecule has 0 aliphatic heterocycles. The lowest BCUT2D eigenvalue weighted by Gasteiger charge is -2.19. The lowest BCUT2D eigenvalue weighted by Crippen LogP contribution is -2.20. The highest BCUT2D eigenvalue weighted by molar-refractivity contribution is 6.33. The molecule has 4 heteroatoms. The average Bonchev–Trinajstić information content (AvgIpc) is 2.41. The van der Waals surface area contributed by atoms with E-state index in [0.717, 1.165) is 5.56 Å². The van der Waals surface area contributed by atoms with E-state index in [4.69, 9.17) is 17.3 Å². The van der Waals surface area contributed by atoms with Crippen molar-refractivity contribution >= 4 is 17.3 Å². The van der Waals surface area contributed by atoms with Gasteiger partial charge in [-0.05, 0) is 30.7 Å². The first-order chi connectivity index (χ1) is 9.10. The minimum Gasteiger partial charge on any atom is -0.376 e. The zero-order valence-corrected chi connectivity index (χ0v) is 11.4. The Morgan fingerprint density at radius 3 is 2.53 bits per heavy atom. The monoisotopic (exact) mass is 278 g/mol. The molecule has 100 valence electrons. The molecular weight excluding hydrogens is 263 g/mol. The van der Waals surface area contributed by atoms with Crippen molar-refractivity contribution in [1.29, 1.82) is 0 Å². The molecule has 2 aromatic carbocycles. The van der Waals surface area contributed by atoms with E-state index in [1.54, 1.807) is 0 Å². The third-order valence-electron chi connectivity index (χ3n) is 2.97. The predicted octanol–water partition coefficient (Wildman–Crippen LogP) is 3.90. The fourth-order valence-corrected chi connectivity index (χ4v) is 2.05. The van der Waals surface area contributed by atoms with Gasteiger partial charge in [-0.3, -0.25) is 0 Å². The molecule has 1 atom stereocenters. The summed E-state index contributed by atoms with van der Waals surface area (Å²) in [4.78, 5) is 0. The number of nitrogens with two attached hydrogens (primary N) is 1. The molecule has 0 saturated heterocycles. The zero-order valence-electron chi connectivity index (χ0n) is 10.7. The minimum atomic E-state index is -0.327. The van der Waals surface area contributed by atoms with Crippen molar-refractivity contribution in [2.75, 3.05) is 11.9 Å². The molecule has 0 amide bonds. The average molecular weight is 279 g/mol. The molecule has 0 fully saturated rings. The molecule has 2 aromatic rings. The second-order valence-corrected chi connectivity index (χ2v) is 4.87. The lowest BCUT2D eigenvalue weighted by molar-refractivity contribution is 0.627. The predicted molar refractivity (Wildman–Crippen MR) is 78.0 cm³/mol. The summed E-state index contributed by atoms with van der Waals surface area (Å²) in [5, 5.41) is 3.66. The van der Waals surface area contributed by atoms with Crippen molar-refractivity contribution in [2.45, 2.75) is 13.0 Å². The van der Waals surface area contributed by atoms with Crippen LogP contribution < -0.4 is 11.1 Å². The molecule has 3 N–H and O–H groups in total. The largest absolute Gasteiger partial charge is 0.376 e. The van der Waals surface area contributed by atoms with Crippen LogP contribution in [0.5, 0.6) is 0 Å². The molecule has 0 aliphatic carbocycles. The van der Waals surface area contributed by atoms with Gasteiger partial charge in [0, 0.05) is 6.54 Å². The Hall–Kier alpha value is -1.58. The molecule has 0 aliphatic rings. The molecule has 0 bridgehead atoms. The Kier molecular flexibility index (Phi) is 4.40. The van der Waals surface area contributed by atoms with Crippen LogP contribution >= 0.6 is 11.6 Å². The molecule has 2 rings (SSSR count). The normalized spacial score (nSPS) is 12.2. The Morgan fingerprint density at radius 1 is 1.21 bits per heavy atom. The van der Waals surface area contributed by atoms with Crippen molar-refractivity contribution in [3.8, 4) is 0 Å². The van der Waals surface area contributed by atoms with Crippen LogP contribution in [0.4, 0.5) is 10.1 Å². The summed E-state index contributed by atoms with van der Waals surface area (Å²) >= 11 is 6.04. The number of halogens is 2. The number of rotatable bonds is 4. The molecular formula is C15H16ClFN2. The maximum absolute atomic E-state index is 13.2. The van der Waals surface area contributed by atoms with Crippen LogP contribution in [0.25, 0.3) is 0 Å². The van der Waals surface area contributed by atoms with E-state index in [0.29, 0.717) is 17.3 Å². The summed E-state index contributed by atoms with van der Waals surface area (Å²) in [6.07, 6.45) is 0. The Balaban J connectivity index is 2.23. The first kappa shape index (κ1) is 13.8. The Bertz CT molecular complexity index is 555. The van der Waals surface area contributed by atoms with Gasteiger partial charge in [0.05, 0.1) is 16.8 Å². The van der Waals surface area contributed by atoms with E-state index in [1.807, 2.05) is 31.2 Å². The van der Waals surface area contributed by atoms with Crippen LogP contribution in [0.3, 0.4) is 0 Å². The third-order valence-corrected chi connectivity index (χ3v) is 3.30. The first-order valence-electron chi connectivity index (χ1n) is 6.08. The van der Waals surface area contributed by atoms with Crippen molar-refractivity contribution < 1.29 is 4.39 Å². The highest BCUT2D eigenvalue weighted by atomic mass is 35.5. The molecule has 0 radical (unpaired) electrons. The number of anilines is 1. The van der Waals surface area contributed by atoms with Crippen molar-refractivity contribution in [3.63, 3.8) is 0 Å². The standard InChI is InChI=1S/C15H16ClFN2/c1-10-2-4-11(5-3-10)15(9-18)19-14-8-12(17)6-7-13(14)16/h2-8,15,19H,9,18H2,1H3. The summed E-state index contributed by atoms with van der Waals surface area (Å²) in [6, 6.07) is 12.2. The summed E-state index contributed by atoms with van der Waals surface area (Å²) < 4.78 is 13.2. The van der Waals surface area contributed by atoms with E-state index in [1.165, 1.54) is 23.8 Å². The minimum absolute atomic E-state index is 0.0973. The van der Waals surface area contributed by atoms with Gasteiger partial charge in [0.25, 0.3) is 0 Å². The molecule has 2 nitrogen and oxygen atoms in total. The van der Waals surface area contributed by atoms with Gasteiger partial charge in [0.2, 0.25) is 0 Å². The molecule has 0 saturated carbocycles. The third kappa shape index (κ3) is 3.46. The molecule has 0 spiro atoms. The quantitative estimate of drug-likeness (QED) is 0.890. The van der Waals surface area contributed by atoms with Gasteiger partial charge in [-0.25, -0.2) is 4.39 Å². The molecule has 0 aromatic heterocycles. The van der Waals surface area contributed by atoms with Gasteiger partial charge >= 0.3 is 0 Å². The smallest absolute Gasteiger partial charge is 0.125 e. The SMILES string of the molecule is Cc1ccc(C(CN)Nc2cc(F)ccc2Cl)cc1. The zero-order chi connectivity index (χ0) is 13.8. The van der Waals surface area contributed by atoms with Crippen LogP contribution in [0.15, 0.2) is 42.5 Å². The van der Waals surface area contributed by atoms with Gasteiger partial charge in [0.1, 0.15) is 5.82 Å². The van der Waals surface area contributed by atoms with Crippen LogP contribution in [0, 0.1) is 12.7 Å². The maximum Gasteiger partial charge on any atom is 0.125 e. The van der Waals surface area contributed by atoms with Gasteiger partial charge in [-0.1, -0.05) is 41.4 Å². The number of hydrogen-bond acceptors (Lipinski definition) is 2. The van der Waals surface area contributed by atoms with E-state index in [-0.39, 0.29) is 11.9 Å². The summed E-state index contributed by atoms with van der Waals surface area (Å²) in [5.41, 5.74) is 8.57. The second kappa shape index (κ2) is 6.04. The van der Waals surface area contributed by atoms with Crippen LogP contribution in [0.2, 0.25) is 5.02 Å². The van der Waals surface area contributed by atoms with Gasteiger partial charge in [-0.2, -0.15) is 0 Å². The Labute approximate surface area is 117 Å². The summed E-state index contributed by atoms with van der Waals surface area (Å²) in [5.74, 6) is -0.327. The van der Waals surface area contributed by atoms with Crippen LogP contribution in [-0.2, 0) is 0 Å². The van der Waals surface area contributed by atoms with Gasteiger partial charge in [-0.15, -0.1) is 0 Å². The number of hydrogen-bond donors (Lipinski definition) is 2. The highest BCUT2D eigenvalue weighted by Crippen LogP contribution is 2.26. The molecule has 1 unspecified atom stereocenters.